The number of carbonyl (C=O) groups is 1. The predicted octanol–water partition coefficient (Wildman–Crippen LogP) is 4.86. The highest BCUT2D eigenvalue weighted by molar-refractivity contribution is 6.61. The van der Waals surface area contributed by atoms with Crippen molar-refractivity contribution in [1.82, 2.24) is 5.32 Å². The van der Waals surface area contributed by atoms with Crippen molar-refractivity contribution in [2.24, 2.45) is 0 Å². The van der Waals surface area contributed by atoms with E-state index in [0.717, 1.165) is 5.56 Å². The maximum Gasteiger partial charge on any atom is 0.254 e. The van der Waals surface area contributed by atoms with Crippen molar-refractivity contribution in [3.8, 4) is 11.5 Å². The Labute approximate surface area is 167 Å². The van der Waals surface area contributed by atoms with E-state index in [1.807, 2.05) is 18.2 Å². The maximum atomic E-state index is 12.5. The topological polar surface area (TPSA) is 47.6 Å². The lowest BCUT2D eigenvalue weighted by Gasteiger charge is -2.11. The van der Waals surface area contributed by atoms with Crippen LogP contribution in [0.2, 0.25) is 5.02 Å². The molecule has 0 radical (unpaired) electrons. The SMILES string of the molecule is COc1ccc(CCNC(=O)C(=C(Cl)Cl)c2ccc(Cl)cc2)cc1OC. The maximum absolute atomic E-state index is 12.5. The highest BCUT2D eigenvalue weighted by Gasteiger charge is 2.16. The van der Waals surface area contributed by atoms with Crippen molar-refractivity contribution < 1.29 is 14.3 Å². The van der Waals surface area contributed by atoms with E-state index in [1.165, 1.54) is 0 Å². The summed E-state index contributed by atoms with van der Waals surface area (Å²) in [6.07, 6.45) is 0.611. The zero-order chi connectivity index (χ0) is 19.1. The highest BCUT2D eigenvalue weighted by Crippen LogP contribution is 2.28. The standard InChI is InChI=1S/C19H18Cl3NO3/c1-25-15-8-3-12(11-16(15)26-2)9-10-23-19(24)17(18(21)22)13-4-6-14(20)7-5-13/h3-8,11H,9-10H2,1-2H3,(H,23,24). The van der Waals surface area contributed by atoms with Crippen molar-refractivity contribution in [1.29, 1.82) is 0 Å². The first-order valence-corrected chi connectivity index (χ1v) is 8.90. The lowest BCUT2D eigenvalue weighted by atomic mass is 10.1. The van der Waals surface area contributed by atoms with E-state index in [4.69, 9.17) is 44.3 Å². The van der Waals surface area contributed by atoms with Crippen LogP contribution in [0.3, 0.4) is 0 Å². The molecular weight excluding hydrogens is 397 g/mol. The van der Waals surface area contributed by atoms with Crippen LogP contribution in [0.4, 0.5) is 0 Å². The number of rotatable bonds is 7. The van der Waals surface area contributed by atoms with E-state index in [9.17, 15) is 4.79 Å². The first-order chi connectivity index (χ1) is 12.5. The van der Waals surface area contributed by atoms with Crippen LogP contribution in [0, 0.1) is 0 Å². The smallest absolute Gasteiger partial charge is 0.254 e. The largest absolute Gasteiger partial charge is 0.493 e. The second-order valence-corrected chi connectivity index (χ2v) is 6.72. The number of hydrogen-bond acceptors (Lipinski definition) is 3. The van der Waals surface area contributed by atoms with Gasteiger partial charge in [0.1, 0.15) is 4.49 Å². The average molecular weight is 415 g/mol. The summed E-state index contributed by atoms with van der Waals surface area (Å²) in [7, 11) is 3.16. The van der Waals surface area contributed by atoms with Gasteiger partial charge in [-0.2, -0.15) is 0 Å². The molecule has 0 spiro atoms. The van der Waals surface area contributed by atoms with Crippen molar-refractivity contribution in [2.45, 2.75) is 6.42 Å². The zero-order valence-electron chi connectivity index (χ0n) is 14.3. The molecule has 7 heteroatoms. The van der Waals surface area contributed by atoms with Crippen LogP contribution in [0.1, 0.15) is 11.1 Å². The molecule has 4 nitrogen and oxygen atoms in total. The van der Waals surface area contributed by atoms with E-state index in [-0.39, 0.29) is 16.0 Å². The van der Waals surface area contributed by atoms with Gasteiger partial charge in [-0.1, -0.05) is 53.0 Å². The first kappa shape index (κ1) is 20.4. The third-order valence-electron chi connectivity index (χ3n) is 3.70. The summed E-state index contributed by atoms with van der Waals surface area (Å²) in [6, 6.07) is 12.3. The Balaban J connectivity index is 2.03. The number of amides is 1. The number of benzene rings is 2. The fourth-order valence-corrected chi connectivity index (χ4v) is 2.90. The van der Waals surface area contributed by atoms with E-state index in [0.29, 0.717) is 35.1 Å². The molecule has 2 aromatic rings. The predicted molar refractivity (Wildman–Crippen MR) is 106 cm³/mol. The molecule has 0 aromatic heterocycles. The van der Waals surface area contributed by atoms with Crippen LogP contribution in [0.15, 0.2) is 47.0 Å². The van der Waals surface area contributed by atoms with Crippen molar-refractivity contribution in [2.75, 3.05) is 20.8 Å². The minimum atomic E-state index is -0.354. The highest BCUT2D eigenvalue weighted by atomic mass is 35.5. The molecule has 0 saturated heterocycles. The Morgan fingerprint density at radius 1 is 1.00 bits per heavy atom. The molecule has 0 fully saturated rings. The van der Waals surface area contributed by atoms with E-state index >= 15 is 0 Å². The van der Waals surface area contributed by atoms with E-state index < -0.39 is 0 Å². The molecular formula is C19H18Cl3NO3. The normalized spacial score (nSPS) is 10.2. The minimum absolute atomic E-state index is 0.101. The molecule has 26 heavy (non-hydrogen) atoms. The minimum Gasteiger partial charge on any atom is -0.493 e. The molecule has 0 heterocycles. The molecule has 0 bridgehead atoms. The van der Waals surface area contributed by atoms with Gasteiger partial charge in [0, 0.05) is 11.6 Å². The van der Waals surface area contributed by atoms with Crippen LogP contribution in [-0.2, 0) is 11.2 Å². The van der Waals surface area contributed by atoms with Gasteiger partial charge >= 0.3 is 0 Å². The lowest BCUT2D eigenvalue weighted by Crippen LogP contribution is -2.26. The van der Waals surface area contributed by atoms with Gasteiger partial charge in [0.2, 0.25) is 0 Å². The number of hydrogen-bond donors (Lipinski definition) is 1. The molecule has 0 aliphatic rings. The van der Waals surface area contributed by atoms with Crippen LogP contribution in [0.25, 0.3) is 5.57 Å². The molecule has 1 N–H and O–H groups in total. The fourth-order valence-electron chi connectivity index (χ4n) is 2.39. The van der Waals surface area contributed by atoms with Crippen molar-refractivity contribution in [3.63, 3.8) is 0 Å². The van der Waals surface area contributed by atoms with Crippen molar-refractivity contribution in [3.05, 3.63) is 63.1 Å². The molecule has 138 valence electrons. The number of methoxy groups -OCH3 is 2. The summed E-state index contributed by atoms with van der Waals surface area (Å²) in [5.41, 5.74) is 1.80. The van der Waals surface area contributed by atoms with Gasteiger partial charge in [-0.15, -0.1) is 0 Å². The third-order valence-corrected chi connectivity index (χ3v) is 4.33. The van der Waals surface area contributed by atoms with Gasteiger partial charge in [-0.3, -0.25) is 4.79 Å². The Morgan fingerprint density at radius 2 is 1.65 bits per heavy atom. The van der Waals surface area contributed by atoms with Gasteiger partial charge in [-0.25, -0.2) is 0 Å². The van der Waals surface area contributed by atoms with Crippen molar-refractivity contribution >= 4 is 46.3 Å². The van der Waals surface area contributed by atoms with Crippen LogP contribution in [-0.4, -0.2) is 26.7 Å². The van der Waals surface area contributed by atoms with Crippen LogP contribution >= 0.6 is 34.8 Å². The Kier molecular flexibility index (Phi) is 7.64. The Bertz CT molecular complexity index is 800. The molecule has 0 aliphatic heterocycles. The number of nitrogens with one attached hydrogen (secondary N) is 1. The monoisotopic (exact) mass is 413 g/mol. The number of halogens is 3. The van der Waals surface area contributed by atoms with Crippen LogP contribution in [0.5, 0.6) is 11.5 Å². The van der Waals surface area contributed by atoms with Gasteiger partial charge in [0.15, 0.2) is 11.5 Å². The zero-order valence-corrected chi connectivity index (χ0v) is 16.6. The second kappa shape index (κ2) is 9.72. The van der Waals surface area contributed by atoms with Crippen LogP contribution < -0.4 is 14.8 Å². The molecule has 0 atom stereocenters. The number of carbonyl (C=O) groups excluding carboxylic acids is 1. The molecule has 0 aliphatic carbocycles. The first-order valence-electron chi connectivity index (χ1n) is 7.76. The Hall–Kier alpha value is -1.88. The molecule has 2 aromatic carbocycles. The van der Waals surface area contributed by atoms with Gasteiger partial charge in [0.25, 0.3) is 5.91 Å². The molecule has 0 unspecified atom stereocenters. The summed E-state index contributed by atoms with van der Waals surface area (Å²) in [6.45, 7) is 0.409. The lowest BCUT2D eigenvalue weighted by molar-refractivity contribution is -0.115. The van der Waals surface area contributed by atoms with Gasteiger partial charge in [-0.05, 0) is 41.8 Å². The summed E-state index contributed by atoms with van der Waals surface area (Å²) in [4.78, 5) is 12.5. The average Bonchev–Trinajstić information content (AvgIpc) is 2.63. The van der Waals surface area contributed by atoms with E-state index in [1.54, 1.807) is 38.5 Å². The summed E-state index contributed by atoms with van der Waals surface area (Å²) >= 11 is 17.7. The van der Waals surface area contributed by atoms with E-state index in [2.05, 4.69) is 5.32 Å². The summed E-state index contributed by atoms with van der Waals surface area (Å²) < 4.78 is 10.4. The fraction of sp³-hybridized carbons (Fsp3) is 0.211. The molecule has 2 rings (SSSR count). The number of ether oxygens (including phenoxy) is 2. The molecule has 1 amide bonds. The Morgan fingerprint density at radius 3 is 2.23 bits per heavy atom. The van der Waals surface area contributed by atoms with Gasteiger partial charge < -0.3 is 14.8 Å². The second-order valence-electron chi connectivity index (χ2n) is 5.34. The molecule has 0 saturated carbocycles. The quantitative estimate of drug-likeness (QED) is 0.658. The summed E-state index contributed by atoms with van der Waals surface area (Å²) in [5, 5.41) is 3.38. The van der Waals surface area contributed by atoms with Gasteiger partial charge in [0.05, 0.1) is 19.8 Å². The third kappa shape index (κ3) is 5.31. The summed E-state index contributed by atoms with van der Waals surface area (Å²) in [5.74, 6) is 0.942.